The lowest BCUT2D eigenvalue weighted by Crippen LogP contribution is -2.47. The molecule has 4 aromatic rings. The van der Waals surface area contributed by atoms with Gasteiger partial charge in [-0.15, -0.1) is 0 Å². The van der Waals surface area contributed by atoms with Gasteiger partial charge in [-0.25, -0.2) is 19.3 Å². The second-order valence-electron chi connectivity index (χ2n) is 8.29. The number of benzene rings is 2. The summed E-state index contributed by atoms with van der Waals surface area (Å²) < 4.78 is 13.2. The molecule has 0 atom stereocenters. The highest BCUT2D eigenvalue weighted by Gasteiger charge is 2.22. The van der Waals surface area contributed by atoms with Crippen molar-refractivity contribution < 1.29 is 4.39 Å². The highest BCUT2D eigenvalue weighted by atomic mass is 19.1. The number of aryl methyl sites for hydroxylation is 2. The smallest absolute Gasteiger partial charge is 0.228 e. The Morgan fingerprint density at radius 2 is 1.39 bits per heavy atom. The normalized spacial score (nSPS) is 14.0. The Morgan fingerprint density at radius 3 is 2.06 bits per heavy atom. The average Bonchev–Trinajstić information content (AvgIpc) is 2.83. The summed E-state index contributed by atoms with van der Waals surface area (Å²) in [5, 5.41) is 4.38. The van der Waals surface area contributed by atoms with Gasteiger partial charge in [-0.3, -0.25) is 0 Å². The molecule has 1 N–H and O–H groups in total. The summed E-state index contributed by atoms with van der Waals surface area (Å²) >= 11 is 0. The van der Waals surface area contributed by atoms with E-state index in [0.717, 1.165) is 65.8 Å². The molecular weight excluding hydrogens is 417 g/mol. The minimum Gasteiger partial charge on any atom is -0.365 e. The number of aromatic nitrogens is 4. The van der Waals surface area contributed by atoms with Gasteiger partial charge in [0.15, 0.2) is 0 Å². The third kappa shape index (κ3) is 4.69. The van der Waals surface area contributed by atoms with Crippen molar-refractivity contribution in [3.8, 4) is 0 Å². The standard InChI is InChI=1S/C25H26FN7/c1-17-15-18(2)29-24(28-17)32-11-13-33(14-12-32)25-30-22-6-4-3-5-21(22)23(31-25)27-16-19-7-9-20(26)10-8-19/h3-10,15H,11-14,16H2,1-2H3,(H,27,30,31). The van der Waals surface area contributed by atoms with Gasteiger partial charge < -0.3 is 15.1 Å². The van der Waals surface area contributed by atoms with Gasteiger partial charge in [-0.2, -0.15) is 4.98 Å². The van der Waals surface area contributed by atoms with Crippen LogP contribution in [0, 0.1) is 19.7 Å². The van der Waals surface area contributed by atoms with Crippen molar-refractivity contribution in [3.05, 3.63) is 77.4 Å². The maximum absolute atomic E-state index is 13.2. The number of rotatable bonds is 5. The van der Waals surface area contributed by atoms with Gasteiger partial charge >= 0.3 is 0 Å². The first-order chi connectivity index (χ1) is 16.0. The molecule has 7 nitrogen and oxygen atoms in total. The molecule has 0 saturated carbocycles. The number of fused-ring (bicyclic) bond motifs is 1. The predicted octanol–water partition coefficient (Wildman–Crippen LogP) is 4.11. The Labute approximate surface area is 192 Å². The van der Waals surface area contributed by atoms with E-state index in [0.29, 0.717) is 12.5 Å². The molecule has 33 heavy (non-hydrogen) atoms. The third-order valence-electron chi connectivity index (χ3n) is 5.78. The van der Waals surface area contributed by atoms with E-state index in [9.17, 15) is 4.39 Å². The lowest BCUT2D eigenvalue weighted by atomic mass is 10.2. The van der Waals surface area contributed by atoms with Crippen LogP contribution >= 0.6 is 0 Å². The fourth-order valence-corrected chi connectivity index (χ4v) is 4.08. The summed E-state index contributed by atoms with van der Waals surface area (Å²) in [6, 6.07) is 16.5. The summed E-state index contributed by atoms with van der Waals surface area (Å²) in [7, 11) is 0. The van der Waals surface area contributed by atoms with Crippen LogP contribution in [0.2, 0.25) is 0 Å². The van der Waals surface area contributed by atoms with Gasteiger partial charge in [-0.05, 0) is 49.7 Å². The molecule has 2 aromatic heterocycles. The summed E-state index contributed by atoms with van der Waals surface area (Å²) in [6.45, 7) is 7.72. The van der Waals surface area contributed by atoms with Gasteiger partial charge in [0.1, 0.15) is 11.6 Å². The Hall–Kier alpha value is -3.81. The van der Waals surface area contributed by atoms with Crippen molar-refractivity contribution in [2.45, 2.75) is 20.4 Å². The van der Waals surface area contributed by atoms with Gasteiger partial charge in [-0.1, -0.05) is 24.3 Å². The fraction of sp³-hybridized carbons (Fsp3) is 0.280. The number of anilines is 3. The van der Waals surface area contributed by atoms with Crippen LogP contribution in [0.25, 0.3) is 10.9 Å². The first kappa shape index (κ1) is 21.1. The monoisotopic (exact) mass is 443 g/mol. The van der Waals surface area contributed by atoms with Gasteiger partial charge in [0.05, 0.1) is 5.52 Å². The Bertz CT molecular complexity index is 1250. The lowest BCUT2D eigenvalue weighted by molar-refractivity contribution is 0.627. The van der Waals surface area contributed by atoms with E-state index in [1.807, 2.05) is 44.2 Å². The number of piperazine rings is 1. The minimum atomic E-state index is -0.237. The van der Waals surface area contributed by atoms with Crippen molar-refractivity contribution in [2.24, 2.45) is 0 Å². The maximum Gasteiger partial charge on any atom is 0.228 e. The molecule has 1 aliphatic rings. The highest BCUT2D eigenvalue weighted by Crippen LogP contribution is 2.25. The van der Waals surface area contributed by atoms with Crippen LogP contribution in [-0.2, 0) is 6.54 Å². The molecular formula is C25H26FN7. The van der Waals surface area contributed by atoms with E-state index in [2.05, 4.69) is 25.1 Å². The molecule has 0 aliphatic carbocycles. The van der Waals surface area contributed by atoms with Crippen LogP contribution < -0.4 is 15.1 Å². The van der Waals surface area contributed by atoms with E-state index in [4.69, 9.17) is 9.97 Å². The summed E-state index contributed by atoms with van der Waals surface area (Å²) in [5.74, 6) is 2.03. The first-order valence-corrected chi connectivity index (χ1v) is 11.1. The Balaban J connectivity index is 1.35. The van der Waals surface area contributed by atoms with Gasteiger partial charge in [0, 0.05) is 49.5 Å². The SMILES string of the molecule is Cc1cc(C)nc(N2CCN(c3nc(NCc4ccc(F)cc4)c4ccccc4n3)CC2)n1. The second kappa shape index (κ2) is 8.97. The molecule has 8 heteroatoms. The molecule has 0 bridgehead atoms. The molecule has 168 valence electrons. The first-order valence-electron chi connectivity index (χ1n) is 11.1. The highest BCUT2D eigenvalue weighted by molar-refractivity contribution is 5.90. The minimum absolute atomic E-state index is 0.237. The number of nitrogens with one attached hydrogen (secondary N) is 1. The van der Waals surface area contributed by atoms with Crippen LogP contribution in [0.5, 0.6) is 0 Å². The summed E-state index contributed by atoms with van der Waals surface area (Å²) in [5.41, 5.74) is 3.84. The van der Waals surface area contributed by atoms with Crippen LogP contribution in [-0.4, -0.2) is 46.1 Å². The number of nitrogens with zero attached hydrogens (tertiary/aromatic N) is 6. The molecule has 0 amide bonds. The zero-order valence-corrected chi connectivity index (χ0v) is 18.8. The largest absolute Gasteiger partial charge is 0.365 e. The molecule has 3 heterocycles. The lowest BCUT2D eigenvalue weighted by Gasteiger charge is -2.35. The van der Waals surface area contributed by atoms with Gasteiger partial charge in [0.2, 0.25) is 11.9 Å². The fourth-order valence-electron chi connectivity index (χ4n) is 4.08. The number of hydrogen-bond acceptors (Lipinski definition) is 7. The number of para-hydroxylation sites is 1. The zero-order valence-electron chi connectivity index (χ0n) is 18.8. The van der Waals surface area contributed by atoms with Crippen molar-refractivity contribution in [1.82, 2.24) is 19.9 Å². The average molecular weight is 444 g/mol. The van der Waals surface area contributed by atoms with Crippen molar-refractivity contribution in [1.29, 1.82) is 0 Å². The summed E-state index contributed by atoms with van der Waals surface area (Å²) in [4.78, 5) is 23.3. The van der Waals surface area contributed by atoms with Crippen LogP contribution in [0.1, 0.15) is 17.0 Å². The predicted molar refractivity (Wildman–Crippen MR) is 129 cm³/mol. The maximum atomic E-state index is 13.2. The second-order valence-corrected chi connectivity index (χ2v) is 8.29. The van der Waals surface area contributed by atoms with E-state index in [1.54, 1.807) is 12.1 Å². The Morgan fingerprint density at radius 1 is 0.788 bits per heavy atom. The molecule has 1 fully saturated rings. The molecule has 0 unspecified atom stereocenters. The van der Waals surface area contributed by atoms with Gasteiger partial charge in [0.25, 0.3) is 0 Å². The Kier molecular flexibility index (Phi) is 5.73. The summed E-state index contributed by atoms with van der Waals surface area (Å²) in [6.07, 6.45) is 0. The molecule has 1 aliphatic heterocycles. The quantitative estimate of drug-likeness (QED) is 0.498. The number of hydrogen-bond donors (Lipinski definition) is 1. The van der Waals surface area contributed by atoms with Crippen LogP contribution in [0.3, 0.4) is 0 Å². The molecule has 0 spiro atoms. The van der Waals surface area contributed by atoms with Crippen molar-refractivity contribution >= 4 is 28.6 Å². The molecule has 0 radical (unpaired) electrons. The third-order valence-corrected chi connectivity index (χ3v) is 5.78. The topological polar surface area (TPSA) is 70.1 Å². The van der Waals surface area contributed by atoms with Crippen LogP contribution in [0.4, 0.5) is 22.1 Å². The molecule has 2 aromatic carbocycles. The van der Waals surface area contributed by atoms with E-state index in [1.165, 1.54) is 12.1 Å². The van der Waals surface area contributed by atoms with E-state index < -0.39 is 0 Å². The zero-order chi connectivity index (χ0) is 22.8. The number of halogens is 1. The van der Waals surface area contributed by atoms with Crippen molar-refractivity contribution in [2.75, 3.05) is 41.3 Å². The molecule has 1 saturated heterocycles. The van der Waals surface area contributed by atoms with E-state index >= 15 is 0 Å². The van der Waals surface area contributed by atoms with Crippen molar-refractivity contribution in [3.63, 3.8) is 0 Å². The van der Waals surface area contributed by atoms with E-state index in [-0.39, 0.29) is 5.82 Å². The van der Waals surface area contributed by atoms with Crippen LogP contribution in [0.15, 0.2) is 54.6 Å². The molecule has 5 rings (SSSR count).